The Bertz CT molecular complexity index is 706. The van der Waals surface area contributed by atoms with E-state index in [1.165, 1.54) is 0 Å². The molecule has 0 aromatic carbocycles. The summed E-state index contributed by atoms with van der Waals surface area (Å²) in [4.78, 5) is 20.9. The molecule has 4 fully saturated rings. The molecule has 31 heavy (non-hydrogen) atoms. The van der Waals surface area contributed by atoms with E-state index in [-0.39, 0.29) is 24.4 Å². The average molecular weight is 431 g/mol. The molecule has 4 atom stereocenters. The van der Waals surface area contributed by atoms with Gasteiger partial charge in [0.2, 0.25) is 17.8 Å². The predicted octanol–water partition coefficient (Wildman–Crippen LogP) is 0.258. The Balaban J connectivity index is 1.47. The first-order valence-electron chi connectivity index (χ1n) is 10.9. The molecule has 10 nitrogen and oxygen atoms in total. The summed E-state index contributed by atoms with van der Waals surface area (Å²) in [5, 5.41) is 0. The molecule has 0 radical (unpaired) electrons. The summed E-state index contributed by atoms with van der Waals surface area (Å²) in [5.74, 6) is 1.89. The molecule has 5 heterocycles. The highest BCUT2D eigenvalue weighted by atomic mass is 16.6. The van der Waals surface area contributed by atoms with Gasteiger partial charge < -0.3 is 33.6 Å². The van der Waals surface area contributed by atoms with Gasteiger partial charge in [0.1, 0.15) is 0 Å². The van der Waals surface area contributed by atoms with Crippen LogP contribution in [0.15, 0.2) is 25.3 Å². The van der Waals surface area contributed by atoms with Crippen LogP contribution >= 0.6 is 0 Å². The van der Waals surface area contributed by atoms with E-state index in [0.29, 0.717) is 30.9 Å². The highest BCUT2D eigenvalue weighted by molar-refractivity contribution is 5.48. The van der Waals surface area contributed by atoms with Crippen LogP contribution in [0.1, 0.15) is 0 Å². The Morgan fingerprint density at radius 3 is 1.16 bits per heavy atom. The minimum atomic E-state index is 0.218. The van der Waals surface area contributed by atoms with Gasteiger partial charge in [-0.25, -0.2) is 0 Å². The zero-order chi connectivity index (χ0) is 21.2. The third-order valence-corrected chi connectivity index (χ3v) is 5.45. The Kier molecular flexibility index (Phi) is 6.04. The second-order valence-electron chi connectivity index (χ2n) is 8.35. The maximum absolute atomic E-state index is 5.48. The van der Waals surface area contributed by atoms with Gasteiger partial charge in [0.25, 0.3) is 0 Å². The summed E-state index contributed by atoms with van der Waals surface area (Å²) < 4.78 is 21.9. The third-order valence-electron chi connectivity index (χ3n) is 5.45. The van der Waals surface area contributed by atoms with E-state index in [0.717, 1.165) is 52.6 Å². The molecule has 0 saturated carbocycles. The third kappa shape index (κ3) is 5.91. The molecular weight excluding hydrogens is 400 g/mol. The van der Waals surface area contributed by atoms with E-state index < -0.39 is 0 Å². The molecule has 1 aromatic heterocycles. The van der Waals surface area contributed by atoms with Crippen LogP contribution in [0.25, 0.3) is 0 Å². The lowest BCUT2D eigenvalue weighted by Crippen LogP contribution is -2.37. The minimum Gasteiger partial charge on any atom is -0.371 e. The Morgan fingerprint density at radius 2 is 0.903 bits per heavy atom. The van der Waals surface area contributed by atoms with Gasteiger partial charge in [0, 0.05) is 39.3 Å². The fourth-order valence-electron chi connectivity index (χ4n) is 3.47. The molecule has 5 rings (SSSR count). The number of hydrogen-bond acceptors (Lipinski definition) is 10. The van der Waals surface area contributed by atoms with E-state index in [4.69, 9.17) is 33.9 Å². The van der Waals surface area contributed by atoms with Gasteiger partial charge in [0.05, 0.1) is 50.8 Å². The lowest BCUT2D eigenvalue weighted by molar-refractivity contribution is 0.386. The normalized spacial score (nSPS) is 27.4. The van der Waals surface area contributed by atoms with Crippen molar-refractivity contribution in [2.75, 3.05) is 80.4 Å². The van der Waals surface area contributed by atoms with Crippen LogP contribution in [0.4, 0.5) is 17.8 Å². The zero-order valence-electron chi connectivity index (χ0n) is 17.8. The maximum atomic E-state index is 5.48. The standard InChI is InChI=1S/C21H30N6O4/c1-3-5-25(6-4-2)19-22-20(26(7-15-11-28-15)8-16-12-29-16)24-21(23-19)27(9-17-13-30-17)10-18-14-31-18/h3-4,15-18H,1-2,5-14H2. The molecular formula is C21H30N6O4. The van der Waals surface area contributed by atoms with Crippen molar-refractivity contribution < 1.29 is 18.9 Å². The molecule has 1 aromatic rings. The number of ether oxygens (including phenoxy) is 4. The van der Waals surface area contributed by atoms with Crippen LogP contribution in [0.5, 0.6) is 0 Å². The summed E-state index contributed by atoms with van der Waals surface area (Å²) in [7, 11) is 0. The number of nitrogens with zero attached hydrogens (tertiary/aromatic N) is 6. The Hall–Kier alpha value is -2.27. The number of hydrogen-bond donors (Lipinski definition) is 0. The molecule has 0 amide bonds. The second kappa shape index (κ2) is 9.07. The van der Waals surface area contributed by atoms with E-state index in [1.54, 1.807) is 0 Å². The van der Waals surface area contributed by atoms with Gasteiger partial charge in [-0.15, -0.1) is 13.2 Å². The molecule has 0 aliphatic carbocycles. The molecule has 4 aliphatic rings. The molecule has 0 N–H and O–H groups in total. The van der Waals surface area contributed by atoms with Crippen LogP contribution in [-0.2, 0) is 18.9 Å². The van der Waals surface area contributed by atoms with Crippen molar-refractivity contribution in [2.45, 2.75) is 24.4 Å². The molecule has 10 heteroatoms. The Labute approximate surface area is 182 Å². The van der Waals surface area contributed by atoms with E-state index in [9.17, 15) is 0 Å². The van der Waals surface area contributed by atoms with Gasteiger partial charge in [-0.2, -0.15) is 15.0 Å². The van der Waals surface area contributed by atoms with Gasteiger partial charge in [-0.3, -0.25) is 0 Å². The summed E-state index contributed by atoms with van der Waals surface area (Å²) in [6.07, 6.45) is 4.56. The lowest BCUT2D eigenvalue weighted by Gasteiger charge is -2.27. The van der Waals surface area contributed by atoms with Crippen LogP contribution in [0, 0.1) is 0 Å². The van der Waals surface area contributed by atoms with Gasteiger partial charge in [-0.05, 0) is 0 Å². The molecule has 168 valence electrons. The SMILES string of the molecule is C=CCN(CC=C)c1nc(N(CC2CO2)CC2CO2)nc(N(CC2CO2)CC2CO2)n1. The Morgan fingerprint density at radius 1 is 0.613 bits per heavy atom. The summed E-state index contributed by atoms with van der Waals surface area (Å²) in [6, 6.07) is 0. The fraction of sp³-hybridized carbons (Fsp3) is 0.667. The van der Waals surface area contributed by atoms with Crippen LogP contribution in [0.2, 0.25) is 0 Å². The lowest BCUT2D eigenvalue weighted by atomic mass is 10.3. The molecule has 0 spiro atoms. The minimum absolute atomic E-state index is 0.218. The summed E-state index contributed by atoms with van der Waals surface area (Å²) in [6.45, 7) is 15.0. The number of anilines is 3. The summed E-state index contributed by atoms with van der Waals surface area (Å²) in [5.41, 5.74) is 0. The van der Waals surface area contributed by atoms with Crippen molar-refractivity contribution in [2.24, 2.45) is 0 Å². The first-order chi connectivity index (χ1) is 15.2. The first-order valence-corrected chi connectivity index (χ1v) is 10.9. The molecule has 0 bridgehead atoms. The van der Waals surface area contributed by atoms with Crippen molar-refractivity contribution in [1.29, 1.82) is 0 Å². The molecule has 4 saturated heterocycles. The average Bonchev–Trinajstić information content (AvgIpc) is 3.61. The van der Waals surface area contributed by atoms with Gasteiger partial charge in [0.15, 0.2) is 0 Å². The van der Waals surface area contributed by atoms with Gasteiger partial charge in [-0.1, -0.05) is 12.2 Å². The second-order valence-corrected chi connectivity index (χ2v) is 8.35. The van der Waals surface area contributed by atoms with Crippen LogP contribution in [-0.4, -0.2) is 105 Å². The molecule has 4 aliphatic heterocycles. The fourth-order valence-corrected chi connectivity index (χ4v) is 3.47. The van der Waals surface area contributed by atoms with Crippen molar-refractivity contribution in [3.8, 4) is 0 Å². The zero-order valence-corrected chi connectivity index (χ0v) is 17.8. The maximum Gasteiger partial charge on any atom is 0.232 e. The van der Waals surface area contributed by atoms with Gasteiger partial charge >= 0.3 is 0 Å². The number of aromatic nitrogens is 3. The van der Waals surface area contributed by atoms with Crippen molar-refractivity contribution >= 4 is 17.8 Å². The van der Waals surface area contributed by atoms with Crippen molar-refractivity contribution in [1.82, 2.24) is 15.0 Å². The summed E-state index contributed by atoms with van der Waals surface area (Å²) >= 11 is 0. The number of rotatable bonds is 15. The van der Waals surface area contributed by atoms with E-state index >= 15 is 0 Å². The van der Waals surface area contributed by atoms with Crippen molar-refractivity contribution in [3.05, 3.63) is 25.3 Å². The van der Waals surface area contributed by atoms with Crippen LogP contribution < -0.4 is 14.7 Å². The van der Waals surface area contributed by atoms with Crippen molar-refractivity contribution in [3.63, 3.8) is 0 Å². The smallest absolute Gasteiger partial charge is 0.232 e. The van der Waals surface area contributed by atoms with E-state index in [1.807, 2.05) is 17.1 Å². The predicted molar refractivity (Wildman–Crippen MR) is 116 cm³/mol. The first kappa shape index (κ1) is 20.6. The highest BCUT2D eigenvalue weighted by Gasteiger charge is 2.35. The highest BCUT2D eigenvalue weighted by Crippen LogP contribution is 2.26. The largest absolute Gasteiger partial charge is 0.371 e. The van der Waals surface area contributed by atoms with E-state index in [2.05, 4.69) is 23.0 Å². The topological polar surface area (TPSA) is 98.5 Å². The monoisotopic (exact) mass is 430 g/mol. The molecule has 4 unspecified atom stereocenters. The number of epoxide rings is 4. The quantitative estimate of drug-likeness (QED) is 0.285. The van der Waals surface area contributed by atoms with Crippen LogP contribution in [0.3, 0.4) is 0 Å².